The molecule has 94 valence electrons. The molecule has 1 N–H and O–H groups in total. The highest BCUT2D eigenvalue weighted by molar-refractivity contribution is 6.30. The average Bonchev–Trinajstić information content (AvgIpc) is 2.27. The third-order valence-corrected chi connectivity index (χ3v) is 2.63. The van der Waals surface area contributed by atoms with Crippen LogP contribution in [0.2, 0.25) is 5.02 Å². The maximum Gasteiger partial charge on any atom is 0.252 e. The van der Waals surface area contributed by atoms with Crippen LogP contribution in [0.3, 0.4) is 0 Å². The number of rotatable bonds is 3. The highest BCUT2D eigenvalue weighted by Gasteiger charge is 2.06. The zero-order valence-electron chi connectivity index (χ0n) is 10.1. The molecule has 0 atom stereocenters. The van der Waals surface area contributed by atoms with E-state index < -0.39 is 0 Å². The van der Waals surface area contributed by atoms with Gasteiger partial charge in [0.25, 0.3) is 5.56 Å². The van der Waals surface area contributed by atoms with E-state index in [4.69, 9.17) is 11.6 Å². The van der Waals surface area contributed by atoms with Crippen LogP contribution in [0.25, 0.3) is 0 Å². The minimum Gasteiger partial charge on any atom is -0.339 e. The molecule has 6 heteroatoms. The Morgan fingerprint density at radius 1 is 1.44 bits per heavy atom. The molecule has 0 saturated heterocycles. The van der Waals surface area contributed by atoms with E-state index in [1.165, 1.54) is 6.07 Å². The van der Waals surface area contributed by atoms with Crippen LogP contribution in [-0.2, 0) is 6.54 Å². The summed E-state index contributed by atoms with van der Waals surface area (Å²) in [6.45, 7) is 2.30. The van der Waals surface area contributed by atoms with E-state index in [0.717, 1.165) is 5.69 Å². The number of anilines is 1. The van der Waals surface area contributed by atoms with Crippen LogP contribution >= 0.6 is 11.6 Å². The Balaban J connectivity index is 2.21. The van der Waals surface area contributed by atoms with E-state index in [-0.39, 0.29) is 5.56 Å². The largest absolute Gasteiger partial charge is 0.339 e. The summed E-state index contributed by atoms with van der Waals surface area (Å²) in [6.07, 6.45) is 1.65. The molecule has 0 unspecified atom stereocenters. The summed E-state index contributed by atoms with van der Waals surface area (Å²) in [7, 11) is 1.83. The summed E-state index contributed by atoms with van der Waals surface area (Å²) in [5, 5.41) is 0.638. The van der Waals surface area contributed by atoms with Crippen molar-refractivity contribution < 1.29 is 0 Å². The van der Waals surface area contributed by atoms with E-state index in [0.29, 0.717) is 23.2 Å². The van der Waals surface area contributed by atoms with Crippen molar-refractivity contribution in [2.75, 3.05) is 11.9 Å². The second-order valence-corrected chi connectivity index (χ2v) is 4.47. The zero-order chi connectivity index (χ0) is 13.1. The molecule has 2 heterocycles. The molecule has 0 aliphatic heterocycles. The number of nitrogens with one attached hydrogen (secondary N) is 1. The second kappa shape index (κ2) is 5.18. The molecule has 2 aromatic rings. The molecule has 0 radical (unpaired) electrons. The lowest BCUT2D eigenvalue weighted by molar-refractivity contribution is 0.830. The molecular formula is C12H13ClN4O. The van der Waals surface area contributed by atoms with Crippen molar-refractivity contribution in [2.24, 2.45) is 0 Å². The smallest absolute Gasteiger partial charge is 0.252 e. The summed E-state index contributed by atoms with van der Waals surface area (Å²) in [5.74, 6) is 0.516. The van der Waals surface area contributed by atoms with E-state index >= 15 is 0 Å². The lowest BCUT2D eigenvalue weighted by Crippen LogP contribution is -2.23. The van der Waals surface area contributed by atoms with Gasteiger partial charge >= 0.3 is 0 Å². The molecule has 0 amide bonds. The number of halogens is 1. The van der Waals surface area contributed by atoms with E-state index in [1.54, 1.807) is 25.3 Å². The Kier molecular flexibility index (Phi) is 3.62. The summed E-state index contributed by atoms with van der Waals surface area (Å²) < 4.78 is 0. The van der Waals surface area contributed by atoms with E-state index in [9.17, 15) is 4.79 Å². The Morgan fingerprint density at radius 3 is 2.89 bits per heavy atom. The molecule has 0 saturated carbocycles. The number of H-pyrrole nitrogens is 1. The van der Waals surface area contributed by atoms with Crippen LogP contribution < -0.4 is 10.5 Å². The predicted molar refractivity (Wildman–Crippen MR) is 70.9 cm³/mol. The Bertz CT molecular complexity index is 611. The van der Waals surface area contributed by atoms with Gasteiger partial charge in [0.15, 0.2) is 0 Å². The van der Waals surface area contributed by atoms with Gasteiger partial charge in [-0.15, -0.1) is 0 Å². The van der Waals surface area contributed by atoms with Gasteiger partial charge in [-0.05, 0) is 19.1 Å². The second-order valence-electron chi connectivity index (χ2n) is 4.03. The molecule has 0 spiro atoms. The molecule has 18 heavy (non-hydrogen) atoms. The summed E-state index contributed by atoms with van der Waals surface area (Å²) in [4.78, 5) is 24.3. The van der Waals surface area contributed by atoms with Crippen LogP contribution in [0.15, 0.2) is 29.2 Å². The number of hydrogen-bond acceptors (Lipinski definition) is 4. The average molecular weight is 265 g/mol. The fourth-order valence-corrected chi connectivity index (χ4v) is 1.78. The molecule has 0 bridgehead atoms. The van der Waals surface area contributed by atoms with Crippen molar-refractivity contribution >= 4 is 17.5 Å². The number of aryl methyl sites for hydroxylation is 1. The fourth-order valence-electron chi connectivity index (χ4n) is 1.60. The van der Waals surface area contributed by atoms with Crippen molar-refractivity contribution in [3.05, 3.63) is 51.2 Å². The first-order valence-electron chi connectivity index (χ1n) is 5.44. The van der Waals surface area contributed by atoms with Crippen LogP contribution in [0.1, 0.15) is 11.4 Å². The zero-order valence-corrected chi connectivity index (χ0v) is 10.9. The normalized spacial score (nSPS) is 10.4. The first kappa shape index (κ1) is 12.6. The lowest BCUT2D eigenvalue weighted by atomic mass is 10.3. The van der Waals surface area contributed by atoms with Gasteiger partial charge in [0.05, 0.1) is 12.2 Å². The number of nitrogens with zero attached hydrogens (tertiary/aromatic N) is 3. The number of pyridine rings is 1. The van der Waals surface area contributed by atoms with Gasteiger partial charge in [-0.25, -0.2) is 4.98 Å². The highest BCUT2D eigenvalue weighted by Crippen LogP contribution is 2.11. The summed E-state index contributed by atoms with van der Waals surface area (Å²) >= 11 is 5.89. The predicted octanol–water partition coefficient (Wildman–Crippen LogP) is 1.76. The van der Waals surface area contributed by atoms with Gasteiger partial charge in [0, 0.05) is 30.0 Å². The molecule has 0 aliphatic carbocycles. The first-order valence-corrected chi connectivity index (χ1v) is 5.82. The Morgan fingerprint density at radius 2 is 2.22 bits per heavy atom. The third-order valence-electron chi connectivity index (χ3n) is 2.40. The van der Waals surface area contributed by atoms with Gasteiger partial charge in [-0.1, -0.05) is 11.6 Å². The number of aromatic nitrogens is 3. The van der Waals surface area contributed by atoms with Gasteiger partial charge in [-0.3, -0.25) is 14.8 Å². The molecule has 0 aliphatic rings. The standard InChI is InChI=1S/C12H13ClN4O/c1-8-5-11(18)16-12(15-8)17(2)7-10-6-9(13)3-4-14-10/h3-6H,7H2,1-2H3,(H,15,16,18). The maximum absolute atomic E-state index is 11.4. The number of aromatic amines is 1. The molecule has 0 fully saturated rings. The van der Waals surface area contributed by atoms with E-state index in [1.807, 2.05) is 11.9 Å². The first-order chi connectivity index (χ1) is 8.54. The maximum atomic E-state index is 11.4. The van der Waals surface area contributed by atoms with Gasteiger partial charge in [-0.2, -0.15) is 0 Å². The van der Waals surface area contributed by atoms with Crippen LogP contribution in [-0.4, -0.2) is 22.0 Å². The van der Waals surface area contributed by atoms with Gasteiger partial charge in [0.1, 0.15) is 0 Å². The topological polar surface area (TPSA) is 61.9 Å². The van der Waals surface area contributed by atoms with Gasteiger partial charge < -0.3 is 4.90 Å². The fraction of sp³-hybridized carbons (Fsp3) is 0.250. The molecule has 2 rings (SSSR count). The molecule has 2 aromatic heterocycles. The quantitative estimate of drug-likeness (QED) is 0.918. The monoisotopic (exact) mass is 264 g/mol. The van der Waals surface area contributed by atoms with Crippen molar-refractivity contribution in [3.8, 4) is 0 Å². The SMILES string of the molecule is Cc1cc(=O)[nH]c(N(C)Cc2cc(Cl)ccn2)n1. The minimum absolute atomic E-state index is 0.164. The van der Waals surface area contributed by atoms with Crippen LogP contribution in [0.5, 0.6) is 0 Å². The summed E-state index contributed by atoms with van der Waals surface area (Å²) in [5.41, 5.74) is 1.33. The Hall–Kier alpha value is -1.88. The van der Waals surface area contributed by atoms with Crippen molar-refractivity contribution in [1.29, 1.82) is 0 Å². The number of hydrogen-bond donors (Lipinski definition) is 1. The highest BCUT2D eigenvalue weighted by atomic mass is 35.5. The van der Waals surface area contributed by atoms with Crippen molar-refractivity contribution in [2.45, 2.75) is 13.5 Å². The molecule has 0 aromatic carbocycles. The Labute approximate surface area is 109 Å². The third kappa shape index (κ3) is 3.07. The van der Waals surface area contributed by atoms with Crippen molar-refractivity contribution in [1.82, 2.24) is 15.0 Å². The molecule has 5 nitrogen and oxygen atoms in total. The van der Waals surface area contributed by atoms with Crippen LogP contribution in [0, 0.1) is 6.92 Å². The molecular weight excluding hydrogens is 252 g/mol. The van der Waals surface area contributed by atoms with E-state index in [2.05, 4.69) is 15.0 Å². The lowest BCUT2D eigenvalue weighted by Gasteiger charge is -2.17. The van der Waals surface area contributed by atoms with Crippen LogP contribution in [0.4, 0.5) is 5.95 Å². The summed E-state index contributed by atoms with van der Waals surface area (Å²) in [6, 6.07) is 4.96. The van der Waals surface area contributed by atoms with Crippen molar-refractivity contribution in [3.63, 3.8) is 0 Å². The minimum atomic E-state index is -0.164. The van der Waals surface area contributed by atoms with Gasteiger partial charge in [0.2, 0.25) is 5.95 Å².